The average molecular weight is 315 g/mol. The molecule has 0 bridgehead atoms. The van der Waals surface area contributed by atoms with Gasteiger partial charge >= 0.3 is 0 Å². The number of nitrogens with one attached hydrogen (secondary N) is 2. The summed E-state index contributed by atoms with van der Waals surface area (Å²) in [5, 5.41) is 6.26. The number of hydrogen-bond donors (Lipinski definition) is 2. The van der Waals surface area contributed by atoms with E-state index < -0.39 is 0 Å². The zero-order valence-electron chi connectivity index (χ0n) is 12.5. The Morgan fingerprint density at radius 1 is 1.38 bits per heavy atom. The van der Waals surface area contributed by atoms with E-state index in [0.29, 0.717) is 30.5 Å². The Balaban J connectivity index is 0.00000220. The molecular formula is C15H23ClN2O3. The molecule has 21 heavy (non-hydrogen) atoms. The van der Waals surface area contributed by atoms with Crippen molar-refractivity contribution in [3.05, 3.63) is 23.8 Å². The Labute approximate surface area is 131 Å². The van der Waals surface area contributed by atoms with Gasteiger partial charge in [-0.15, -0.1) is 12.4 Å². The lowest BCUT2D eigenvalue weighted by Crippen LogP contribution is -2.31. The highest BCUT2D eigenvalue weighted by atomic mass is 35.5. The Morgan fingerprint density at radius 2 is 2.19 bits per heavy atom. The normalized spacial score (nSPS) is 17.0. The first-order valence-electron chi connectivity index (χ1n) is 6.94. The molecule has 0 aliphatic carbocycles. The van der Waals surface area contributed by atoms with Crippen LogP contribution in [0.25, 0.3) is 0 Å². The highest BCUT2D eigenvalue weighted by molar-refractivity contribution is 5.85. The molecule has 1 amide bonds. The third-order valence-corrected chi connectivity index (χ3v) is 3.55. The van der Waals surface area contributed by atoms with E-state index in [0.717, 1.165) is 24.9 Å². The van der Waals surface area contributed by atoms with Gasteiger partial charge in [0, 0.05) is 24.6 Å². The summed E-state index contributed by atoms with van der Waals surface area (Å²) in [4.78, 5) is 11.9. The van der Waals surface area contributed by atoms with Gasteiger partial charge < -0.3 is 20.1 Å². The number of ether oxygens (including phenoxy) is 2. The molecule has 2 rings (SSSR count). The number of amides is 1. The molecule has 1 saturated heterocycles. The predicted octanol–water partition coefficient (Wildman–Crippen LogP) is 1.88. The van der Waals surface area contributed by atoms with Crippen LogP contribution in [0.2, 0.25) is 0 Å². The molecule has 1 fully saturated rings. The van der Waals surface area contributed by atoms with E-state index in [1.54, 1.807) is 14.2 Å². The van der Waals surface area contributed by atoms with Crippen molar-refractivity contribution in [2.75, 3.05) is 20.8 Å². The van der Waals surface area contributed by atoms with E-state index in [2.05, 4.69) is 10.6 Å². The maximum Gasteiger partial charge on any atom is 0.221 e. The standard InChI is InChI=1S/C15H22N2O3.ClH/c1-19-13-7-3-5-11(15(13)20-2)10-17-14(18)9-12-6-4-8-16-12;/h3,5,7,12,16H,4,6,8-10H2,1-2H3,(H,17,18);1H. The first-order chi connectivity index (χ1) is 9.74. The molecule has 1 heterocycles. The molecule has 1 aromatic carbocycles. The summed E-state index contributed by atoms with van der Waals surface area (Å²) in [5.41, 5.74) is 0.916. The number of halogens is 1. The Kier molecular flexibility index (Phi) is 7.32. The number of hydrogen-bond acceptors (Lipinski definition) is 4. The molecule has 0 saturated carbocycles. The van der Waals surface area contributed by atoms with Crippen LogP contribution in [0.15, 0.2) is 18.2 Å². The number of methoxy groups -OCH3 is 2. The van der Waals surface area contributed by atoms with Crippen LogP contribution in [0.4, 0.5) is 0 Å². The lowest BCUT2D eigenvalue weighted by molar-refractivity contribution is -0.121. The van der Waals surface area contributed by atoms with Gasteiger partial charge in [0.25, 0.3) is 0 Å². The molecular weight excluding hydrogens is 292 g/mol. The number of carbonyl (C=O) groups excluding carboxylic acids is 1. The van der Waals surface area contributed by atoms with Crippen molar-refractivity contribution in [2.24, 2.45) is 0 Å². The van der Waals surface area contributed by atoms with Crippen molar-refractivity contribution in [3.63, 3.8) is 0 Å². The fourth-order valence-corrected chi connectivity index (χ4v) is 2.51. The van der Waals surface area contributed by atoms with Crippen molar-refractivity contribution in [3.8, 4) is 11.5 Å². The van der Waals surface area contributed by atoms with Gasteiger partial charge in [0.1, 0.15) is 0 Å². The number of benzene rings is 1. The Hall–Kier alpha value is -1.46. The summed E-state index contributed by atoms with van der Waals surface area (Å²) in [5.74, 6) is 1.42. The zero-order valence-corrected chi connectivity index (χ0v) is 13.3. The zero-order chi connectivity index (χ0) is 14.4. The van der Waals surface area contributed by atoms with E-state index in [1.165, 1.54) is 0 Å². The third-order valence-electron chi connectivity index (χ3n) is 3.55. The van der Waals surface area contributed by atoms with Gasteiger partial charge in [-0.2, -0.15) is 0 Å². The molecule has 6 heteroatoms. The van der Waals surface area contributed by atoms with Crippen LogP contribution in [0.3, 0.4) is 0 Å². The predicted molar refractivity (Wildman–Crippen MR) is 84.3 cm³/mol. The first kappa shape index (κ1) is 17.6. The third kappa shape index (κ3) is 4.79. The summed E-state index contributed by atoms with van der Waals surface area (Å²) < 4.78 is 10.6. The lowest BCUT2D eigenvalue weighted by atomic mass is 10.1. The number of carbonyl (C=O) groups is 1. The maximum atomic E-state index is 11.9. The molecule has 5 nitrogen and oxygen atoms in total. The summed E-state index contributed by atoms with van der Waals surface area (Å²) in [7, 11) is 3.21. The SMILES string of the molecule is COc1cccc(CNC(=O)CC2CCCN2)c1OC.Cl. The van der Waals surface area contributed by atoms with Crippen LogP contribution >= 0.6 is 12.4 Å². The van der Waals surface area contributed by atoms with Gasteiger partial charge in [0.15, 0.2) is 11.5 Å². The van der Waals surface area contributed by atoms with Crippen molar-refractivity contribution in [2.45, 2.75) is 31.8 Å². The minimum absolute atomic E-state index is 0. The summed E-state index contributed by atoms with van der Waals surface area (Å²) in [6.45, 7) is 1.47. The fourth-order valence-electron chi connectivity index (χ4n) is 2.51. The Bertz CT molecular complexity index is 462. The second-order valence-electron chi connectivity index (χ2n) is 4.93. The highest BCUT2D eigenvalue weighted by Gasteiger charge is 2.18. The molecule has 0 radical (unpaired) electrons. The molecule has 1 aliphatic rings. The molecule has 118 valence electrons. The monoisotopic (exact) mass is 314 g/mol. The van der Waals surface area contributed by atoms with Crippen LogP contribution in [0.5, 0.6) is 11.5 Å². The van der Waals surface area contributed by atoms with Crippen LogP contribution in [0, 0.1) is 0 Å². The van der Waals surface area contributed by atoms with Crippen LogP contribution < -0.4 is 20.1 Å². The average Bonchev–Trinajstić information content (AvgIpc) is 2.97. The molecule has 1 unspecified atom stereocenters. The molecule has 1 aromatic rings. The van der Waals surface area contributed by atoms with Crippen molar-refractivity contribution in [1.29, 1.82) is 0 Å². The van der Waals surface area contributed by atoms with Gasteiger partial charge in [0.05, 0.1) is 14.2 Å². The van der Waals surface area contributed by atoms with Gasteiger partial charge in [-0.1, -0.05) is 12.1 Å². The topological polar surface area (TPSA) is 59.6 Å². The summed E-state index contributed by atoms with van der Waals surface area (Å²) >= 11 is 0. The second kappa shape index (κ2) is 8.74. The minimum atomic E-state index is 0. The van der Waals surface area contributed by atoms with Gasteiger partial charge in [-0.25, -0.2) is 0 Å². The summed E-state index contributed by atoms with van der Waals surface area (Å²) in [6, 6.07) is 5.98. The molecule has 0 spiro atoms. The Morgan fingerprint density at radius 3 is 2.81 bits per heavy atom. The van der Waals surface area contributed by atoms with Crippen molar-refractivity contribution >= 4 is 18.3 Å². The largest absolute Gasteiger partial charge is 0.493 e. The molecule has 2 N–H and O–H groups in total. The van der Waals surface area contributed by atoms with Gasteiger partial charge in [-0.05, 0) is 25.5 Å². The lowest BCUT2D eigenvalue weighted by Gasteiger charge is -2.14. The summed E-state index contributed by atoms with van der Waals surface area (Å²) in [6.07, 6.45) is 2.77. The van der Waals surface area contributed by atoms with Crippen molar-refractivity contribution < 1.29 is 14.3 Å². The fraction of sp³-hybridized carbons (Fsp3) is 0.533. The van der Waals surface area contributed by atoms with E-state index >= 15 is 0 Å². The van der Waals surface area contributed by atoms with Gasteiger partial charge in [-0.3, -0.25) is 4.79 Å². The van der Waals surface area contributed by atoms with Crippen LogP contribution in [-0.4, -0.2) is 32.7 Å². The van der Waals surface area contributed by atoms with E-state index in [-0.39, 0.29) is 18.3 Å². The van der Waals surface area contributed by atoms with Crippen LogP contribution in [0.1, 0.15) is 24.8 Å². The minimum Gasteiger partial charge on any atom is -0.493 e. The first-order valence-corrected chi connectivity index (χ1v) is 6.94. The van der Waals surface area contributed by atoms with Crippen LogP contribution in [-0.2, 0) is 11.3 Å². The number of para-hydroxylation sites is 1. The molecule has 1 aliphatic heterocycles. The number of rotatable bonds is 6. The quantitative estimate of drug-likeness (QED) is 0.842. The highest BCUT2D eigenvalue weighted by Crippen LogP contribution is 2.30. The van der Waals surface area contributed by atoms with E-state index in [9.17, 15) is 4.79 Å². The maximum absolute atomic E-state index is 11.9. The van der Waals surface area contributed by atoms with E-state index in [1.807, 2.05) is 18.2 Å². The second-order valence-corrected chi connectivity index (χ2v) is 4.93. The molecule has 0 aromatic heterocycles. The van der Waals surface area contributed by atoms with Crippen molar-refractivity contribution in [1.82, 2.24) is 10.6 Å². The van der Waals surface area contributed by atoms with E-state index in [4.69, 9.17) is 9.47 Å². The smallest absolute Gasteiger partial charge is 0.221 e. The molecule has 1 atom stereocenters. The van der Waals surface area contributed by atoms with Gasteiger partial charge in [0.2, 0.25) is 5.91 Å².